The quantitative estimate of drug-likeness (QED) is 0.687. The molecule has 1 aromatic carbocycles. The van der Waals surface area contributed by atoms with E-state index in [2.05, 4.69) is 20.8 Å². The number of aliphatic hydroxyl groups is 1. The van der Waals surface area contributed by atoms with Gasteiger partial charge in [-0.1, -0.05) is 12.1 Å². The van der Waals surface area contributed by atoms with Crippen molar-refractivity contribution in [2.24, 2.45) is 0 Å². The summed E-state index contributed by atoms with van der Waals surface area (Å²) in [6.45, 7) is 1.42. The number of carbonyl (C=O) groups excluding carboxylic acids is 1. The highest BCUT2D eigenvalue weighted by molar-refractivity contribution is 5.77. The SMILES string of the molecule is O=C(Cn1nc2ccccc2n1)N[C@H]1CNCC[C@H]1O. The summed E-state index contributed by atoms with van der Waals surface area (Å²) in [6, 6.07) is 7.22. The van der Waals surface area contributed by atoms with Gasteiger partial charge in [0.25, 0.3) is 0 Å². The summed E-state index contributed by atoms with van der Waals surface area (Å²) in [6.07, 6.45) is 0.152. The molecule has 1 aromatic heterocycles. The predicted octanol–water partition coefficient (Wildman–Crippen LogP) is -0.730. The number of carbonyl (C=O) groups is 1. The van der Waals surface area contributed by atoms with Crippen LogP contribution in [0.5, 0.6) is 0 Å². The number of hydrogen-bond donors (Lipinski definition) is 3. The van der Waals surface area contributed by atoms with Crippen LogP contribution in [0.1, 0.15) is 6.42 Å². The van der Waals surface area contributed by atoms with Gasteiger partial charge in [-0.25, -0.2) is 0 Å². The molecule has 0 bridgehead atoms. The van der Waals surface area contributed by atoms with Gasteiger partial charge in [0, 0.05) is 6.54 Å². The van der Waals surface area contributed by atoms with Crippen molar-refractivity contribution >= 4 is 16.9 Å². The molecule has 0 radical (unpaired) electrons. The van der Waals surface area contributed by atoms with Gasteiger partial charge >= 0.3 is 0 Å². The molecule has 0 unspecified atom stereocenters. The lowest BCUT2D eigenvalue weighted by molar-refractivity contribution is -0.123. The van der Waals surface area contributed by atoms with Crippen LogP contribution in [0.4, 0.5) is 0 Å². The maximum absolute atomic E-state index is 12.0. The molecule has 1 amide bonds. The summed E-state index contributed by atoms with van der Waals surface area (Å²) in [5, 5.41) is 24.2. The third-order valence-corrected chi connectivity index (χ3v) is 3.41. The van der Waals surface area contributed by atoms with Crippen molar-refractivity contribution < 1.29 is 9.90 Å². The van der Waals surface area contributed by atoms with Gasteiger partial charge < -0.3 is 15.7 Å². The molecule has 0 aliphatic carbocycles. The van der Waals surface area contributed by atoms with Crippen molar-refractivity contribution in [2.75, 3.05) is 13.1 Å². The fraction of sp³-hybridized carbons (Fsp3) is 0.462. The Labute approximate surface area is 116 Å². The average Bonchev–Trinajstić information content (AvgIpc) is 2.83. The van der Waals surface area contributed by atoms with Crippen molar-refractivity contribution in [3.8, 4) is 0 Å². The zero-order valence-electron chi connectivity index (χ0n) is 11.0. The first-order valence-corrected chi connectivity index (χ1v) is 6.70. The normalized spacial score (nSPS) is 22.9. The second-order valence-corrected chi connectivity index (χ2v) is 4.95. The van der Waals surface area contributed by atoms with Crippen LogP contribution in [0.3, 0.4) is 0 Å². The number of nitrogens with one attached hydrogen (secondary N) is 2. The van der Waals surface area contributed by atoms with Gasteiger partial charge in [-0.15, -0.1) is 0 Å². The molecule has 7 heteroatoms. The van der Waals surface area contributed by atoms with E-state index in [-0.39, 0.29) is 18.5 Å². The van der Waals surface area contributed by atoms with E-state index in [0.29, 0.717) is 13.0 Å². The molecule has 0 spiro atoms. The van der Waals surface area contributed by atoms with E-state index in [1.54, 1.807) is 0 Å². The number of nitrogens with zero attached hydrogens (tertiary/aromatic N) is 3. The number of fused-ring (bicyclic) bond motifs is 1. The number of aliphatic hydroxyl groups excluding tert-OH is 1. The number of aromatic nitrogens is 3. The van der Waals surface area contributed by atoms with Crippen molar-refractivity contribution in [1.29, 1.82) is 0 Å². The third kappa shape index (κ3) is 2.78. The Morgan fingerprint density at radius 3 is 2.75 bits per heavy atom. The number of hydrogen-bond acceptors (Lipinski definition) is 5. The van der Waals surface area contributed by atoms with Gasteiger partial charge in [0.2, 0.25) is 5.91 Å². The Balaban J connectivity index is 1.63. The fourth-order valence-corrected chi connectivity index (χ4v) is 2.35. The van der Waals surface area contributed by atoms with Gasteiger partial charge in [0.1, 0.15) is 17.6 Å². The van der Waals surface area contributed by atoms with Gasteiger partial charge in [0.15, 0.2) is 0 Å². The van der Waals surface area contributed by atoms with E-state index in [1.165, 1.54) is 4.80 Å². The Morgan fingerprint density at radius 1 is 1.40 bits per heavy atom. The molecule has 1 fully saturated rings. The zero-order chi connectivity index (χ0) is 13.9. The molecule has 20 heavy (non-hydrogen) atoms. The Kier molecular flexibility index (Phi) is 3.62. The Morgan fingerprint density at radius 2 is 2.10 bits per heavy atom. The molecule has 1 saturated heterocycles. The van der Waals surface area contributed by atoms with E-state index in [4.69, 9.17) is 0 Å². The molecular weight excluding hydrogens is 258 g/mol. The van der Waals surface area contributed by atoms with Crippen molar-refractivity contribution in [3.05, 3.63) is 24.3 Å². The topological polar surface area (TPSA) is 92.1 Å². The molecule has 1 aliphatic rings. The van der Waals surface area contributed by atoms with E-state index >= 15 is 0 Å². The van der Waals surface area contributed by atoms with Crippen LogP contribution in [-0.2, 0) is 11.3 Å². The highest BCUT2D eigenvalue weighted by atomic mass is 16.3. The number of rotatable bonds is 3. The maximum Gasteiger partial charge on any atom is 0.243 e. The molecule has 3 N–H and O–H groups in total. The minimum atomic E-state index is -0.496. The van der Waals surface area contributed by atoms with Crippen LogP contribution in [0.2, 0.25) is 0 Å². The number of benzene rings is 1. The maximum atomic E-state index is 12.0. The van der Waals surface area contributed by atoms with E-state index in [1.807, 2.05) is 24.3 Å². The second kappa shape index (κ2) is 5.56. The molecular formula is C13H17N5O2. The molecule has 2 heterocycles. The first-order valence-electron chi connectivity index (χ1n) is 6.70. The van der Waals surface area contributed by atoms with Crippen LogP contribution < -0.4 is 10.6 Å². The van der Waals surface area contributed by atoms with Crippen molar-refractivity contribution in [1.82, 2.24) is 25.6 Å². The molecule has 7 nitrogen and oxygen atoms in total. The molecule has 106 valence electrons. The highest BCUT2D eigenvalue weighted by Gasteiger charge is 2.24. The van der Waals surface area contributed by atoms with Crippen LogP contribution in [0.25, 0.3) is 11.0 Å². The molecule has 2 aromatic rings. The standard InChI is InChI=1S/C13H17N5O2/c19-12-5-6-14-7-11(12)15-13(20)8-18-16-9-3-1-2-4-10(9)17-18/h1-4,11-12,14,19H,5-8H2,(H,15,20)/t11-,12+/m0/s1. The largest absolute Gasteiger partial charge is 0.391 e. The first-order chi connectivity index (χ1) is 9.72. The van der Waals surface area contributed by atoms with Gasteiger partial charge in [-0.2, -0.15) is 15.0 Å². The molecule has 3 rings (SSSR count). The van der Waals surface area contributed by atoms with E-state index in [9.17, 15) is 9.90 Å². The summed E-state index contributed by atoms with van der Waals surface area (Å²) in [4.78, 5) is 13.3. The van der Waals surface area contributed by atoms with Gasteiger partial charge in [-0.3, -0.25) is 4.79 Å². The minimum Gasteiger partial charge on any atom is -0.391 e. The Hall–Kier alpha value is -1.99. The van der Waals surface area contributed by atoms with Gasteiger partial charge in [0.05, 0.1) is 12.1 Å². The minimum absolute atomic E-state index is 0.0535. The lowest BCUT2D eigenvalue weighted by Gasteiger charge is -2.28. The summed E-state index contributed by atoms with van der Waals surface area (Å²) in [5.41, 5.74) is 1.53. The average molecular weight is 275 g/mol. The Bertz CT molecular complexity index is 579. The zero-order valence-corrected chi connectivity index (χ0v) is 11.0. The van der Waals surface area contributed by atoms with Crippen LogP contribution >= 0.6 is 0 Å². The van der Waals surface area contributed by atoms with Crippen LogP contribution in [0.15, 0.2) is 24.3 Å². The summed E-state index contributed by atoms with van der Waals surface area (Å²) in [5.74, 6) is -0.196. The van der Waals surface area contributed by atoms with E-state index in [0.717, 1.165) is 17.6 Å². The monoisotopic (exact) mass is 275 g/mol. The lowest BCUT2D eigenvalue weighted by Crippen LogP contribution is -2.54. The number of amides is 1. The third-order valence-electron chi connectivity index (χ3n) is 3.41. The molecule has 1 aliphatic heterocycles. The van der Waals surface area contributed by atoms with E-state index < -0.39 is 6.10 Å². The fourth-order valence-electron chi connectivity index (χ4n) is 2.35. The van der Waals surface area contributed by atoms with Crippen LogP contribution in [0, 0.1) is 0 Å². The van der Waals surface area contributed by atoms with Crippen LogP contribution in [-0.4, -0.2) is 51.2 Å². The first kappa shape index (κ1) is 13.0. The lowest BCUT2D eigenvalue weighted by atomic mass is 10.0. The summed E-state index contributed by atoms with van der Waals surface area (Å²) >= 11 is 0. The van der Waals surface area contributed by atoms with Crippen molar-refractivity contribution in [2.45, 2.75) is 25.1 Å². The molecule has 2 atom stereocenters. The summed E-state index contributed by atoms with van der Waals surface area (Å²) in [7, 11) is 0. The summed E-state index contributed by atoms with van der Waals surface area (Å²) < 4.78 is 0. The molecule has 0 saturated carbocycles. The van der Waals surface area contributed by atoms with Crippen molar-refractivity contribution in [3.63, 3.8) is 0 Å². The predicted molar refractivity (Wildman–Crippen MR) is 73.0 cm³/mol. The second-order valence-electron chi connectivity index (χ2n) is 4.95. The smallest absolute Gasteiger partial charge is 0.243 e. The van der Waals surface area contributed by atoms with Gasteiger partial charge in [-0.05, 0) is 25.1 Å². The number of piperidine rings is 1. The highest BCUT2D eigenvalue weighted by Crippen LogP contribution is 2.07.